The maximum Gasteiger partial charge on any atom is 0.270 e. The van der Waals surface area contributed by atoms with Crippen molar-refractivity contribution in [3.05, 3.63) is 46.0 Å². The number of hydrogen-bond acceptors (Lipinski definition) is 8. The molecule has 2 aromatic carbocycles. The second-order valence-electron chi connectivity index (χ2n) is 6.43. The number of non-ortho nitro benzene ring substituents is 1. The van der Waals surface area contributed by atoms with Gasteiger partial charge in [-0.05, 0) is 6.07 Å². The zero-order valence-electron chi connectivity index (χ0n) is 17.0. The molecule has 0 unspecified atom stereocenters. The molecule has 1 aliphatic heterocycles. The summed E-state index contributed by atoms with van der Waals surface area (Å²) in [4.78, 5) is 25.8. The maximum atomic E-state index is 13.1. The third kappa shape index (κ3) is 4.38. The van der Waals surface area contributed by atoms with E-state index in [9.17, 15) is 14.9 Å². The van der Waals surface area contributed by atoms with Crippen molar-refractivity contribution in [2.75, 3.05) is 57.8 Å². The van der Waals surface area contributed by atoms with Gasteiger partial charge < -0.3 is 29.2 Å². The quantitative estimate of drug-likeness (QED) is 0.541. The van der Waals surface area contributed by atoms with Crippen LogP contribution >= 0.6 is 0 Å². The Kier molecular flexibility index (Phi) is 6.58. The van der Waals surface area contributed by atoms with Crippen LogP contribution in [-0.2, 0) is 4.74 Å². The normalized spacial score (nSPS) is 13.5. The fourth-order valence-corrected chi connectivity index (χ4v) is 3.25. The average Bonchev–Trinajstić information content (AvgIpc) is 2.78. The molecule has 0 bridgehead atoms. The summed E-state index contributed by atoms with van der Waals surface area (Å²) in [5.41, 5.74) is 1.03. The molecule has 0 saturated carbocycles. The minimum absolute atomic E-state index is 0.165. The molecule has 0 radical (unpaired) electrons. The summed E-state index contributed by atoms with van der Waals surface area (Å²) in [5, 5.41) is 14.0. The molecule has 160 valence electrons. The summed E-state index contributed by atoms with van der Waals surface area (Å²) < 4.78 is 21.3. The maximum absolute atomic E-state index is 13.1. The number of ether oxygens (including phenoxy) is 4. The SMILES string of the molecule is COc1cc(NC(=O)c2cc([N+](=O)[O-])ccc2N2CCOCC2)cc(OC)c1OC. The van der Waals surface area contributed by atoms with Gasteiger partial charge in [0.15, 0.2) is 11.5 Å². The van der Waals surface area contributed by atoms with Gasteiger partial charge in [0.05, 0.1) is 50.7 Å². The molecule has 3 rings (SSSR count). The van der Waals surface area contributed by atoms with Gasteiger partial charge in [-0.1, -0.05) is 0 Å². The molecule has 10 nitrogen and oxygen atoms in total. The average molecular weight is 417 g/mol. The standard InChI is InChI=1S/C20H23N3O7/c1-27-17-10-13(11-18(28-2)19(17)29-3)21-20(24)15-12-14(23(25)26)4-5-16(15)22-6-8-30-9-7-22/h4-5,10-12H,6-9H2,1-3H3,(H,21,24). The number of hydrogen-bond donors (Lipinski definition) is 1. The summed E-state index contributed by atoms with van der Waals surface area (Å²) in [6, 6.07) is 7.43. The topological polar surface area (TPSA) is 112 Å². The number of nitrogens with one attached hydrogen (secondary N) is 1. The van der Waals surface area contributed by atoms with Crippen molar-refractivity contribution in [1.29, 1.82) is 0 Å². The molecule has 1 N–H and O–H groups in total. The largest absolute Gasteiger partial charge is 0.493 e. The van der Waals surface area contributed by atoms with Crippen LogP contribution < -0.4 is 24.4 Å². The van der Waals surface area contributed by atoms with Gasteiger partial charge >= 0.3 is 0 Å². The first-order valence-corrected chi connectivity index (χ1v) is 9.21. The Morgan fingerprint density at radius 1 is 1.07 bits per heavy atom. The number of nitrogens with zero attached hydrogens (tertiary/aromatic N) is 2. The van der Waals surface area contributed by atoms with Crippen LogP contribution in [0.2, 0.25) is 0 Å². The summed E-state index contributed by atoms with van der Waals surface area (Å²) in [7, 11) is 4.43. The van der Waals surface area contributed by atoms with Crippen LogP contribution in [-0.4, -0.2) is 58.5 Å². The van der Waals surface area contributed by atoms with E-state index in [0.717, 1.165) is 0 Å². The lowest BCUT2D eigenvalue weighted by molar-refractivity contribution is -0.384. The van der Waals surface area contributed by atoms with E-state index in [1.165, 1.54) is 33.5 Å². The summed E-state index contributed by atoms with van der Waals surface area (Å²) in [6.07, 6.45) is 0. The molecule has 1 aliphatic rings. The van der Waals surface area contributed by atoms with Gasteiger partial charge in [0.1, 0.15) is 0 Å². The van der Waals surface area contributed by atoms with Crippen LogP contribution in [0.3, 0.4) is 0 Å². The van der Waals surface area contributed by atoms with Crippen molar-refractivity contribution in [3.63, 3.8) is 0 Å². The molecule has 30 heavy (non-hydrogen) atoms. The highest BCUT2D eigenvalue weighted by atomic mass is 16.6. The zero-order chi connectivity index (χ0) is 21.7. The number of carbonyl (C=O) groups is 1. The van der Waals surface area contributed by atoms with E-state index in [2.05, 4.69) is 5.32 Å². The lowest BCUT2D eigenvalue weighted by atomic mass is 10.1. The third-order valence-corrected chi connectivity index (χ3v) is 4.71. The molecule has 1 heterocycles. The number of methoxy groups -OCH3 is 3. The van der Waals surface area contributed by atoms with E-state index in [-0.39, 0.29) is 11.3 Å². The Morgan fingerprint density at radius 3 is 2.23 bits per heavy atom. The van der Waals surface area contributed by atoms with Gasteiger partial charge in [-0.25, -0.2) is 0 Å². The Balaban J connectivity index is 1.97. The molecule has 0 aromatic heterocycles. The van der Waals surface area contributed by atoms with Gasteiger partial charge in [0.25, 0.3) is 11.6 Å². The molecule has 1 saturated heterocycles. The van der Waals surface area contributed by atoms with Crippen molar-refractivity contribution in [1.82, 2.24) is 0 Å². The number of nitro benzene ring substituents is 1. The minimum Gasteiger partial charge on any atom is -0.493 e. The predicted octanol–water partition coefficient (Wildman–Crippen LogP) is 2.71. The van der Waals surface area contributed by atoms with E-state index in [1.54, 1.807) is 18.2 Å². The van der Waals surface area contributed by atoms with E-state index in [1.807, 2.05) is 4.90 Å². The van der Waals surface area contributed by atoms with Crippen molar-refractivity contribution in [2.45, 2.75) is 0 Å². The Labute approximate surface area is 173 Å². The number of morpholine rings is 1. The zero-order valence-corrected chi connectivity index (χ0v) is 17.0. The lowest BCUT2D eigenvalue weighted by Gasteiger charge is -2.30. The highest BCUT2D eigenvalue weighted by Crippen LogP contribution is 2.40. The fraction of sp³-hybridized carbons (Fsp3) is 0.350. The number of amides is 1. The molecule has 0 spiro atoms. The number of benzene rings is 2. The molecule has 0 aliphatic carbocycles. The first-order valence-electron chi connectivity index (χ1n) is 9.21. The van der Waals surface area contributed by atoms with Crippen LogP contribution in [0.25, 0.3) is 0 Å². The Hall–Kier alpha value is -3.53. The monoisotopic (exact) mass is 417 g/mol. The molecule has 0 atom stereocenters. The Bertz CT molecular complexity index is 917. The third-order valence-electron chi connectivity index (χ3n) is 4.71. The molecule has 1 fully saturated rings. The van der Waals surface area contributed by atoms with Crippen molar-refractivity contribution in [3.8, 4) is 17.2 Å². The number of nitro groups is 1. The number of anilines is 2. The van der Waals surface area contributed by atoms with E-state index in [0.29, 0.717) is 54.9 Å². The second kappa shape index (κ2) is 9.31. The van der Waals surface area contributed by atoms with Crippen LogP contribution in [0.4, 0.5) is 17.1 Å². The highest BCUT2D eigenvalue weighted by Gasteiger charge is 2.23. The minimum atomic E-state index is -0.528. The first-order chi connectivity index (χ1) is 14.5. The predicted molar refractivity (Wildman–Crippen MR) is 110 cm³/mol. The van der Waals surface area contributed by atoms with Gasteiger partial charge in [-0.15, -0.1) is 0 Å². The van der Waals surface area contributed by atoms with Crippen LogP contribution in [0.15, 0.2) is 30.3 Å². The van der Waals surface area contributed by atoms with Gasteiger partial charge in [-0.2, -0.15) is 0 Å². The molecule has 10 heteroatoms. The lowest BCUT2D eigenvalue weighted by Crippen LogP contribution is -2.37. The molecular weight excluding hydrogens is 394 g/mol. The van der Waals surface area contributed by atoms with E-state index >= 15 is 0 Å². The van der Waals surface area contributed by atoms with E-state index in [4.69, 9.17) is 18.9 Å². The van der Waals surface area contributed by atoms with Gasteiger partial charge in [-0.3, -0.25) is 14.9 Å². The van der Waals surface area contributed by atoms with Crippen molar-refractivity contribution < 1.29 is 28.7 Å². The second-order valence-corrected chi connectivity index (χ2v) is 6.43. The van der Waals surface area contributed by atoms with E-state index < -0.39 is 10.8 Å². The van der Waals surface area contributed by atoms with Crippen molar-refractivity contribution >= 4 is 23.0 Å². The molecule has 2 aromatic rings. The van der Waals surface area contributed by atoms with Gasteiger partial charge in [0.2, 0.25) is 5.75 Å². The Morgan fingerprint density at radius 2 is 1.70 bits per heavy atom. The summed E-state index contributed by atoms with van der Waals surface area (Å²) in [6.45, 7) is 2.21. The molecule has 1 amide bonds. The van der Waals surface area contributed by atoms with Crippen LogP contribution in [0, 0.1) is 10.1 Å². The number of carbonyl (C=O) groups excluding carboxylic acids is 1. The van der Waals surface area contributed by atoms with Gasteiger partial charge in [0, 0.05) is 43.0 Å². The number of rotatable bonds is 7. The first kappa shape index (κ1) is 21.2. The fourth-order valence-electron chi connectivity index (χ4n) is 3.25. The highest BCUT2D eigenvalue weighted by molar-refractivity contribution is 6.09. The molecular formula is C20H23N3O7. The summed E-state index contributed by atoms with van der Waals surface area (Å²) in [5.74, 6) is 0.649. The van der Waals surface area contributed by atoms with Crippen LogP contribution in [0.1, 0.15) is 10.4 Å². The van der Waals surface area contributed by atoms with Crippen LogP contribution in [0.5, 0.6) is 17.2 Å². The van der Waals surface area contributed by atoms with Crippen molar-refractivity contribution in [2.24, 2.45) is 0 Å². The summed E-state index contributed by atoms with van der Waals surface area (Å²) >= 11 is 0. The smallest absolute Gasteiger partial charge is 0.270 e.